The third kappa shape index (κ3) is 3.79. The molecule has 0 saturated heterocycles. The summed E-state index contributed by atoms with van der Waals surface area (Å²) in [4.78, 5) is 19.2. The van der Waals surface area contributed by atoms with Crippen molar-refractivity contribution in [3.63, 3.8) is 0 Å². The molecule has 0 radical (unpaired) electrons. The number of aliphatic hydroxyl groups is 1. The van der Waals surface area contributed by atoms with E-state index >= 15 is 0 Å². The molecule has 116 valence electrons. The molecule has 0 aliphatic rings. The van der Waals surface area contributed by atoms with Gasteiger partial charge >= 0.3 is 6.18 Å². The van der Waals surface area contributed by atoms with E-state index in [1.165, 1.54) is 36.8 Å². The van der Waals surface area contributed by atoms with E-state index in [9.17, 15) is 23.1 Å². The zero-order chi connectivity index (χ0) is 16.2. The Kier molecular flexibility index (Phi) is 4.71. The molecule has 22 heavy (non-hydrogen) atoms. The van der Waals surface area contributed by atoms with E-state index in [1.807, 2.05) is 0 Å². The van der Waals surface area contributed by atoms with Gasteiger partial charge < -0.3 is 10.4 Å². The molecule has 0 saturated carbocycles. The van der Waals surface area contributed by atoms with Gasteiger partial charge in [0.05, 0.1) is 17.9 Å². The van der Waals surface area contributed by atoms with Crippen molar-refractivity contribution in [2.45, 2.75) is 12.3 Å². The Labute approximate surface area is 123 Å². The van der Waals surface area contributed by atoms with E-state index in [0.717, 1.165) is 6.07 Å². The molecule has 1 heterocycles. The number of nitrogens with one attached hydrogen (secondary N) is 1. The fraction of sp³-hybridized carbons (Fsp3) is 0.214. The minimum absolute atomic E-state index is 0.0128. The molecule has 1 aromatic heterocycles. The minimum atomic E-state index is -4.58. The van der Waals surface area contributed by atoms with Gasteiger partial charge in [-0.05, 0) is 11.6 Å². The lowest BCUT2D eigenvalue weighted by atomic mass is 10.0. The number of hydrogen-bond donors (Lipinski definition) is 2. The SMILES string of the molecule is O=C(NC[C@@H](O)c1ccccc1C(F)(F)F)c1cnccn1. The van der Waals surface area contributed by atoms with Crippen LogP contribution in [0.2, 0.25) is 0 Å². The number of aromatic nitrogens is 2. The summed E-state index contributed by atoms with van der Waals surface area (Å²) >= 11 is 0. The maximum Gasteiger partial charge on any atom is 0.416 e. The zero-order valence-electron chi connectivity index (χ0n) is 11.2. The average molecular weight is 311 g/mol. The van der Waals surface area contributed by atoms with Crippen molar-refractivity contribution in [2.24, 2.45) is 0 Å². The van der Waals surface area contributed by atoms with Gasteiger partial charge in [0, 0.05) is 18.9 Å². The summed E-state index contributed by atoms with van der Waals surface area (Å²) in [5.41, 5.74) is -1.22. The van der Waals surface area contributed by atoms with Crippen molar-refractivity contribution in [3.8, 4) is 0 Å². The van der Waals surface area contributed by atoms with Crippen LogP contribution in [0, 0.1) is 0 Å². The van der Waals surface area contributed by atoms with Crippen LogP contribution < -0.4 is 5.32 Å². The smallest absolute Gasteiger partial charge is 0.387 e. The maximum atomic E-state index is 12.9. The van der Waals surface area contributed by atoms with Crippen LogP contribution in [0.15, 0.2) is 42.9 Å². The van der Waals surface area contributed by atoms with Crippen LogP contribution >= 0.6 is 0 Å². The van der Waals surface area contributed by atoms with Crippen LogP contribution in [-0.2, 0) is 6.18 Å². The lowest BCUT2D eigenvalue weighted by Gasteiger charge is -2.17. The molecule has 8 heteroatoms. The van der Waals surface area contributed by atoms with Crippen LogP contribution in [0.3, 0.4) is 0 Å². The molecule has 2 aromatic rings. The van der Waals surface area contributed by atoms with Gasteiger partial charge in [0.1, 0.15) is 5.69 Å². The normalized spacial score (nSPS) is 12.7. The van der Waals surface area contributed by atoms with Crippen molar-refractivity contribution in [1.29, 1.82) is 0 Å². The highest BCUT2D eigenvalue weighted by Gasteiger charge is 2.34. The van der Waals surface area contributed by atoms with Gasteiger partial charge in [0.25, 0.3) is 5.91 Å². The Morgan fingerprint density at radius 3 is 2.64 bits per heavy atom. The third-order valence-electron chi connectivity index (χ3n) is 2.88. The van der Waals surface area contributed by atoms with E-state index < -0.39 is 23.8 Å². The number of carbonyl (C=O) groups is 1. The highest BCUT2D eigenvalue weighted by molar-refractivity contribution is 5.91. The first kappa shape index (κ1) is 15.9. The van der Waals surface area contributed by atoms with Gasteiger partial charge in [-0.25, -0.2) is 4.98 Å². The predicted octanol–water partition coefficient (Wildman–Crippen LogP) is 1.96. The van der Waals surface area contributed by atoms with Crippen molar-refractivity contribution in [3.05, 3.63) is 59.7 Å². The van der Waals surface area contributed by atoms with Gasteiger partial charge in [0.15, 0.2) is 0 Å². The molecular weight excluding hydrogens is 299 g/mol. The number of amides is 1. The van der Waals surface area contributed by atoms with Gasteiger partial charge in [0.2, 0.25) is 0 Å². The quantitative estimate of drug-likeness (QED) is 0.905. The number of carbonyl (C=O) groups excluding carboxylic acids is 1. The number of hydrogen-bond acceptors (Lipinski definition) is 4. The lowest BCUT2D eigenvalue weighted by molar-refractivity contribution is -0.139. The summed E-state index contributed by atoms with van der Waals surface area (Å²) in [7, 11) is 0. The third-order valence-corrected chi connectivity index (χ3v) is 2.88. The highest BCUT2D eigenvalue weighted by Crippen LogP contribution is 2.34. The molecular formula is C14H12F3N3O2. The number of alkyl halides is 3. The zero-order valence-corrected chi connectivity index (χ0v) is 11.2. The molecule has 0 aliphatic carbocycles. The van der Waals surface area contributed by atoms with E-state index in [4.69, 9.17) is 0 Å². The number of halogens is 3. The van der Waals surface area contributed by atoms with E-state index in [0.29, 0.717) is 0 Å². The standard InChI is InChI=1S/C14H12F3N3O2/c15-14(16,17)10-4-2-1-3-9(10)12(21)8-20-13(22)11-7-18-5-6-19-11/h1-7,12,21H,8H2,(H,20,22)/t12-/m1/s1. The van der Waals surface area contributed by atoms with Gasteiger partial charge in [-0.15, -0.1) is 0 Å². The number of nitrogens with zero attached hydrogens (tertiary/aromatic N) is 2. The second-order valence-electron chi connectivity index (χ2n) is 4.40. The Balaban J connectivity index is 2.07. The monoisotopic (exact) mass is 311 g/mol. The van der Waals surface area contributed by atoms with Crippen molar-refractivity contribution in [1.82, 2.24) is 15.3 Å². The Morgan fingerprint density at radius 2 is 2.00 bits per heavy atom. The summed E-state index contributed by atoms with van der Waals surface area (Å²) in [6.07, 6.45) is -2.16. The van der Waals surface area contributed by atoms with Gasteiger partial charge in [-0.3, -0.25) is 9.78 Å². The second kappa shape index (κ2) is 6.52. The van der Waals surface area contributed by atoms with Crippen molar-refractivity contribution < 1.29 is 23.1 Å². The summed E-state index contributed by atoms with van der Waals surface area (Å²) in [5.74, 6) is -0.628. The Bertz CT molecular complexity index is 647. The van der Waals surface area contributed by atoms with Crippen LogP contribution in [0.4, 0.5) is 13.2 Å². The number of benzene rings is 1. The molecule has 1 atom stereocenters. The Hall–Kier alpha value is -2.48. The molecule has 0 fully saturated rings. The van der Waals surface area contributed by atoms with Crippen LogP contribution in [0.5, 0.6) is 0 Å². The summed E-state index contributed by atoms with van der Waals surface area (Å²) in [5, 5.41) is 12.2. The topological polar surface area (TPSA) is 75.1 Å². The number of rotatable bonds is 4. The Morgan fingerprint density at radius 1 is 1.27 bits per heavy atom. The molecule has 1 aromatic carbocycles. The fourth-order valence-electron chi connectivity index (χ4n) is 1.85. The summed E-state index contributed by atoms with van der Waals surface area (Å²) < 4.78 is 38.6. The first-order valence-electron chi connectivity index (χ1n) is 6.28. The lowest BCUT2D eigenvalue weighted by Crippen LogP contribution is -2.30. The summed E-state index contributed by atoms with van der Waals surface area (Å²) in [6.45, 7) is -0.373. The molecule has 0 bridgehead atoms. The minimum Gasteiger partial charge on any atom is -0.387 e. The average Bonchev–Trinajstić information content (AvgIpc) is 2.52. The molecule has 2 N–H and O–H groups in total. The molecule has 0 spiro atoms. The predicted molar refractivity (Wildman–Crippen MR) is 70.8 cm³/mol. The molecule has 5 nitrogen and oxygen atoms in total. The first-order valence-corrected chi connectivity index (χ1v) is 6.28. The van der Waals surface area contributed by atoms with Crippen LogP contribution in [0.25, 0.3) is 0 Å². The largest absolute Gasteiger partial charge is 0.416 e. The van der Waals surface area contributed by atoms with Crippen LogP contribution in [0.1, 0.15) is 27.7 Å². The van der Waals surface area contributed by atoms with Crippen molar-refractivity contribution in [2.75, 3.05) is 6.54 Å². The molecule has 0 unspecified atom stereocenters. The molecule has 1 amide bonds. The molecule has 0 aliphatic heterocycles. The number of aliphatic hydroxyl groups excluding tert-OH is 1. The van der Waals surface area contributed by atoms with E-state index in [1.54, 1.807) is 0 Å². The molecule has 2 rings (SSSR count). The maximum absolute atomic E-state index is 12.9. The van der Waals surface area contributed by atoms with Gasteiger partial charge in [-0.2, -0.15) is 13.2 Å². The second-order valence-corrected chi connectivity index (χ2v) is 4.40. The van der Waals surface area contributed by atoms with Gasteiger partial charge in [-0.1, -0.05) is 18.2 Å². The first-order chi connectivity index (χ1) is 10.4. The van der Waals surface area contributed by atoms with Crippen LogP contribution in [-0.4, -0.2) is 27.5 Å². The fourth-order valence-corrected chi connectivity index (χ4v) is 1.85. The summed E-state index contributed by atoms with van der Waals surface area (Å²) in [6, 6.07) is 4.67. The van der Waals surface area contributed by atoms with E-state index in [2.05, 4.69) is 15.3 Å². The van der Waals surface area contributed by atoms with Crippen molar-refractivity contribution >= 4 is 5.91 Å². The highest BCUT2D eigenvalue weighted by atomic mass is 19.4. The van der Waals surface area contributed by atoms with E-state index in [-0.39, 0.29) is 17.8 Å².